The van der Waals surface area contributed by atoms with Gasteiger partial charge >= 0.3 is 0 Å². The molecule has 7 nitrogen and oxygen atoms in total. The van der Waals surface area contributed by atoms with E-state index < -0.39 is 24.7 Å². The van der Waals surface area contributed by atoms with Gasteiger partial charge in [0.15, 0.2) is 0 Å². The van der Waals surface area contributed by atoms with E-state index in [-0.39, 0.29) is 6.42 Å². The van der Waals surface area contributed by atoms with Crippen molar-refractivity contribution >= 4 is 0 Å². The molecule has 0 aromatic carbocycles. The lowest BCUT2D eigenvalue weighted by Gasteiger charge is -2.14. The molecule has 0 aromatic rings. The zero-order valence-electron chi connectivity index (χ0n) is 6.16. The zero-order valence-corrected chi connectivity index (χ0v) is 6.16. The summed E-state index contributed by atoms with van der Waals surface area (Å²) in [4.78, 5) is 2.35. The molecule has 1 fully saturated rings. The standard InChI is InChI=1S/C5H9N3O4/c6-8-7-5(11)1-3(10)4(2-9)12-5/h3-4,9-11H,1-2H2/t3-,4+,5+/m0/s1. The van der Waals surface area contributed by atoms with E-state index in [0.29, 0.717) is 0 Å². The normalized spacial score (nSPS) is 40.9. The van der Waals surface area contributed by atoms with E-state index in [1.54, 1.807) is 0 Å². The summed E-state index contributed by atoms with van der Waals surface area (Å²) in [6, 6.07) is 0. The molecular weight excluding hydrogens is 166 g/mol. The number of hydrogen-bond acceptors (Lipinski definition) is 5. The monoisotopic (exact) mass is 175 g/mol. The van der Waals surface area contributed by atoms with Crippen molar-refractivity contribution in [1.82, 2.24) is 0 Å². The zero-order chi connectivity index (χ0) is 9.19. The third-order valence-corrected chi connectivity index (χ3v) is 1.63. The molecule has 1 rings (SSSR count). The molecule has 0 aliphatic carbocycles. The van der Waals surface area contributed by atoms with Crippen molar-refractivity contribution in [2.45, 2.75) is 24.5 Å². The average Bonchev–Trinajstić information content (AvgIpc) is 2.27. The minimum Gasteiger partial charge on any atom is -0.394 e. The summed E-state index contributed by atoms with van der Waals surface area (Å²) in [5.74, 6) is -2.01. The SMILES string of the molecule is [N-]=[N+]=N[C@@]1(O)C[C@H](O)[C@@H](CO)O1. The van der Waals surface area contributed by atoms with E-state index in [2.05, 4.69) is 14.8 Å². The van der Waals surface area contributed by atoms with Gasteiger partial charge in [0, 0.05) is 11.3 Å². The second-order valence-corrected chi connectivity index (χ2v) is 2.54. The number of rotatable bonds is 2. The lowest BCUT2D eigenvalue weighted by molar-refractivity contribution is -0.193. The molecule has 3 atom stereocenters. The van der Waals surface area contributed by atoms with Crippen molar-refractivity contribution < 1.29 is 20.1 Å². The summed E-state index contributed by atoms with van der Waals surface area (Å²) < 4.78 is 4.69. The highest BCUT2D eigenvalue weighted by molar-refractivity contribution is 4.85. The predicted octanol–water partition coefficient (Wildman–Crippen LogP) is -0.915. The largest absolute Gasteiger partial charge is 0.394 e. The molecule has 12 heavy (non-hydrogen) atoms. The number of nitrogens with zero attached hydrogens (tertiary/aromatic N) is 3. The van der Waals surface area contributed by atoms with Crippen LogP contribution in [0, 0.1) is 0 Å². The summed E-state index contributed by atoms with van der Waals surface area (Å²) in [5, 5.41) is 29.9. The van der Waals surface area contributed by atoms with E-state index in [4.69, 9.17) is 15.7 Å². The lowest BCUT2D eigenvalue weighted by atomic mass is 10.2. The Morgan fingerprint density at radius 1 is 1.75 bits per heavy atom. The molecule has 0 bridgehead atoms. The summed E-state index contributed by atoms with van der Waals surface area (Å²) in [6.45, 7) is -0.426. The highest BCUT2D eigenvalue weighted by atomic mass is 16.7. The number of azide groups is 1. The van der Waals surface area contributed by atoms with Gasteiger partial charge in [-0.3, -0.25) is 0 Å². The maximum Gasteiger partial charge on any atom is 0.249 e. The van der Waals surface area contributed by atoms with Crippen LogP contribution in [0.5, 0.6) is 0 Å². The molecule has 0 aromatic heterocycles. The van der Waals surface area contributed by atoms with E-state index in [1.807, 2.05) is 0 Å². The van der Waals surface area contributed by atoms with Crippen LogP contribution in [0.2, 0.25) is 0 Å². The van der Waals surface area contributed by atoms with Crippen LogP contribution >= 0.6 is 0 Å². The lowest BCUT2D eigenvalue weighted by Crippen LogP contribution is -2.27. The first-order valence-electron chi connectivity index (χ1n) is 3.36. The molecule has 0 saturated carbocycles. The van der Waals surface area contributed by atoms with Crippen LogP contribution in [0.3, 0.4) is 0 Å². The Balaban J connectivity index is 2.69. The van der Waals surface area contributed by atoms with Gasteiger partial charge in [0.1, 0.15) is 6.10 Å². The van der Waals surface area contributed by atoms with Gasteiger partial charge in [0.25, 0.3) is 0 Å². The Labute approximate surface area is 67.8 Å². The fraction of sp³-hybridized carbons (Fsp3) is 1.00. The number of aliphatic hydroxyl groups excluding tert-OH is 2. The summed E-state index contributed by atoms with van der Waals surface area (Å²) >= 11 is 0. The number of ether oxygens (including phenoxy) is 1. The van der Waals surface area contributed by atoms with Crippen LogP contribution in [0.1, 0.15) is 6.42 Å². The Morgan fingerprint density at radius 2 is 2.42 bits per heavy atom. The fourth-order valence-electron chi connectivity index (χ4n) is 1.07. The van der Waals surface area contributed by atoms with Gasteiger partial charge in [-0.1, -0.05) is 0 Å². The highest BCUT2D eigenvalue weighted by Crippen LogP contribution is 2.29. The van der Waals surface area contributed by atoms with Crippen molar-refractivity contribution in [2.24, 2.45) is 5.11 Å². The maximum absolute atomic E-state index is 9.25. The first kappa shape index (κ1) is 9.24. The van der Waals surface area contributed by atoms with Crippen LogP contribution in [-0.4, -0.2) is 40.0 Å². The molecule has 0 radical (unpaired) electrons. The molecule has 7 heteroatoms. The van der Waals surface area contributed by atoms with Crippen LogP contribution < -0.4 is 0 Å². The van der Waals surface area contributed by atoms with E-state index >= 15 is 0 Å². The third-order valence-electron chi connectivity index (χ3n) is 1.63. The van der Waals surface area contributed by atoms with Gasteiger partial charge in [-0.25, -0.2) is 0 Å². The Kier molecular flexibility index (Phi) is 2.51. The summed E-state index contributed by atoms with van der Waals surface area (Å²) in [5.41, 5.74) is 8.01. The average molecular weight is 175 g/mol. The molecular formula is C5H9N3O4. The Bertz CT molecular complexity index is 217. The number of aliphatic hydroxyl groups is 3. The van der Waals surface area contributed by atoms with Crippen molar-refractivity contribution in [2.75, 3.05) is 6.61 Å². The van der Waals surface area contributed by atoms with Crippen LogP contribution in [0.25, 0.3) is 10.4 Å². The van der Waals surface area contributed by atoms with Gasteiger partial charge in [-0.2, -0.15) is 0 Å². The van der Waals surface area contributed by atoms with Crippen LogP contribution in [0.4, 0.5) is 0 Å². The van der Waals surface area contributed by atoms with Crippen molar-refractivity contribution in [1.29, 1.82) is 0 Å². The highest BCUT2D eigenvalue weighted by Gasteiger charge is 2.43. The molecule has 68 valence electrons. The van der Waals surface area contributed by atoms with Gasteiger partial charge in [-0.15, -0.1) is 0 Å². The minimum absolute atomic E-state index is 0.220. The maximum atomic E-state index is 9.25. The molecule has 0 unspecified atom stereocenters. The van der Waals surface area contributed by atoms with E-state index in [9.17, 15) is 5.11 Å². The minimum atomic E-state index is -2.01. The van der Waals surface area contributed by atoms with Gasteiger partial charge in [0.2, 0.25) is 5.91 Å². The van der Waals surface area contributed by atoms with E-state index in [0.717, 1.165) is 0 Å². The fourth-order valence-corrected chi connectivity index (χ4v) is 1.07. The predicted molar refractivity (Wildman–Crippen MR) is 36.7 cm³/mol. The van der Waals surface area contributed by atoms with Gasteiger partial charge in [-0.05, 0) is 10.6 Å². The van der Waals surface area contributed by atoms with E-state index in [1.165, 1.54) is 0 Å². The Morgan fingerprint density at radius 3 is 2.83 bits per heavy atom. The van der Waals surface area contributed by atoms with Crippen LogP contribution in [0.15, 0.2) is 5.11 Å². The van der Waals surface area contributed by atoms with Crippen molar-refractivity contribution in [3.05, 3.63) is 10.4 Å². The molecule has 1 heterocycles. The molecule has 3 N–H and O–H groups in total. The molecule has 0 spiro atoms. The van der Waals surface area contributed by atoms with Crippen molar-refractivity contribution in [3.63, 3.8) is 0 Å². The third kappa shape index (κ3) is 1.66. The quantitative estimate of drug-likeness (QED) is 0.286. The molecule has 0 amide bonds. The second kappa shape index (κ2) is 3.26. The topological polar surface area (TPSA) is 119 Å². The first-order chi connectivity index (χ1) is 5.61. The van der Waals surface area contributed by atoms with Gasteiger partial charge < -0.3 is 20.1 Å². The number of hydrogen-bond donors (Lipinski definition) is 3. The molecule has 1 aliphatic rings. The molecule has 1 aliphatic heterocycles. The van der Waals surface area contributed by atoms with Gasteiger partial charge in [0.05, 0.1) is 12.7 Å². The smallest absolute Gasteiger partial charge is 0.249 e. The Hall–Kier alpha value is -0.850. The van der Waals surface area contributed by atoms with Crippen molar-refractivity contribution in [3.8, 4) is 0 Å². The van der Waals surface area contributed by atoms with Crippen LogP contribution in [-0.2, 0) is 4.74 Å². The summed E-state index contributed by atoms with van der Waals surface area (Å²) in [7, 11) is 0. The first-order valence-corrected chi connectivity index (χ1v) is 3.36. The second-order valence-electron chi connectivity index (χ2n) is 2.54. The summed E-state index contributed by atoms with van der Waals surface area (Å²) in [6.07, 6.45) is -2.12. The molecule has 1 saturated heterocycles.